The zero-order valence-electron chi connectivity index (χ0n) is 38.4. The van der Waals surface area contributed by atoms with Crippen molar-refractivity contribution in [2.45, 2.75) is 240 Å². The average molecular weight is 805 g/mol. The summed E-state index contributed by atoms with van der Waals surface area (Å²) in [6.45, 7) is 14.0. The Balaban J connectivity index is 4.70. The van der Waals surface area contributed by atoms with Crippen LogP contribution in [0.1, 0.15) is 240 Å². The number of rotatable bonds is 43. The number of unbranched alkanes of at least 4 members (excludes halogenated alkanes) is 21. The molecule has 7 nitrogen and oxygen atoms in total. The molecule has 0 saturated carbocycles. The second kappa shape index (κ2) is 43.4. The lowest BCUT2D eigenvalue weighted by molar-refractivity contribution is -0.525. The maximum Gasteiger partial charge on any atom is 0.312 e. The summed E-state index contributed by atoms with van der Waals surface area (Å²) < 4.78 is 19.1. The molecule has 0 heterocycles. The second-order valence-electron chi connectivity index (χ2n) is 16.6. The molecule has 0 spiro atoms. The minimum Gasteiger partial charge on any atom is -0.466 e. The number of ether oxygens (including phenoxy) is 3. The van der Waals surface area contributed by atoms with E-state index in [0.717, 1.165) is 116 Å². The van der Waals surface area contributed by atoms with Gasteiger partial charge in [-0.3, -0.25) is 14.4 Å². The minimum atomic E-state index is -0.123. The van der Waals surface area contributed by atoms with Crippen molar-refractivity contribution >= 4 is 24.1 Å². The Hall–Kier alpha value is -2.18. The van der Waals surface area contributed by atoms with Crippen LogP contribution in [0.2, 0.25) is 0 Å². The zero-order chi connectivity index (χ0) is 41.9. The molecular formula is C50H94NO6+. The molecule has 2 unspecified atom stereocenters. The van der Waals surface area contributed by atoms with Crippen LogP contribution in [0.5, 0.6) is 0 Å². The van der Waals surface area contributed by atoms with Gasteiger partial charge >= 0.3 is 17.9 Å². The highest BCUT2D eigenvalue weighted by Gasteiger charge is 2.20. The summed E-state index contributed by atoms with van der Waals surface area (Å²) in [6, 6.07) is 0. The Morgan fingerprint density at radius 3 is 1.58 bits per heavy atom. The van der Waals surface area contributed by atoms with Crippen LogP contribution in [0, 0.1) is 11.8 Å². The van der Waals surface area contributed by atoms with E-state index in [9.17, 15) is 14.4 Å². The van der Waals surface area contributed by atoms with Gasteiger partial charge in [-0.2, -0.15) is 0 Å². The Bertz CT molecular complexity index is 978. The summed E-state index contributed by atoms with van der Waals surface area (Å²) >= 11 is 0. The molecule has 0 rings (SSSR count). The fourth-order valence-corrected chi connectivity index (χ4v) is 7.39. The molecule has 0 aromatic heterocycles. The quantitative estimate of drug-likeness (QED) is 0.0152. The smallest absolute Gasteiger partial charge is 0.312 e. The number of allylic oxidation sites excluding steroid dienone is 1. The van der Waals surface area contributed by atoms with Gasteiger partial charge < -0.3 is 14.2 Å². The van der Waals surface area contributed by atoms with Crippen LogP contribution >= 0.6 is 0 Å². The molecule has 2 atom stereocenters. The fourth-order valence-electron chi connectivity index (χ4n) is 7.39. The van der Waals surface area contributed by atoms with Crippen molar-refractivity contribution in [3.05, 3.63) is 12.2 Å². The molecule has 0 aromatic carbocycles. The van der Waals surface area contributed by atoms with Gasteiger partial charge in [0, 0.05) is 19.3 Å². The summed E-state index contributed by atoms with van der Waals surface area (Å²) in [7, 11) is 0. The van der Waals surface area contributed by atoms with Crippen LogP contribution in [0.25, 0.3) is 0 Å². The monoisotopic (exact) mass is 805 g/mol. The maximum atomic E-state index is 13.0. The number of carbonyl (C=O) groups excluding carboxylic acids is 3. The standard InChI is InChI=1S/C50H94NO6/c1-6-11-15-19-21-29-38-46(36-27-17-13-8-3)49(53)56-44-33-25-23-31-41-51(43-35-40-48(52)55-10-5)42-32-24-26-34-45-57-50(54)47(37-28-18-14-9-4)39-30-22-20-16-12-7-2/h29,38,41,46-47H,6-28,30-37,39-40,42-45H2,1-5H3/q+1/b38-29+,51-41?. The summed E-state index contributed by atoms with van der Waals surface area (Å²) in [5.41, 5.74) is 0. The SMILES string of the molecule is CCCCCC/C=C/C(CCCCCC)C(=O)OCCCCCC=[N+](CCCCCCOC(=O)C(CCCCCC)CCCCCCCC)CCCC(=O)OCC. The first-order valence-electron chi connectivity index (χ1n) is 24.7. The van der Waals surface area contributed by atoms with E-state index in [1.807, 2.05) is 6.92 Å². The Morgan fingerprint density at radius 2 is 0.947 bits per heavy atom. The minimum absolute atomic E-state index is 0.0308. The van der Waals surface area contributed by atoms with Crippen LogP contribution < -0.4 is 0 Å². The second-order valence-corrected chi connectivity index (χ2v) is 16.6. The molecule has 0 fully saturated rings. The number of carbonyl (C=O) groups is 3. The van der Waals surface area contributed by atoms with Crippen LogP contribution in [0.15, 0.2) is 12.2 Å². The predicted molar refractivity (Wildman–Crippen MR) is 241 cm³/mol. The highest BCUT2D eigenvalue weighted by Crippen LogP contribution is 2.21. The van der Waals surface area contributed by atoms with E-state index in [1.165, 1.54) is 96.3 Å². The van der Waals surface area contributed by atoms with Gasteiger partial charge in [0.2, 0.25) is 0 Å². The summed E-state index contributed by atoms with van der Waals surface area (Å²) in [4.78, 5) is 37.9. The molecule has 0 amide bonds. The molecule has 0 N–H and O–H groups in total. The first-order chi connectivity index (χ1) is 27.9. The van der Waals surface area contributed by atoms with E-state index in [-0.39, 0.29) is 29.7 Å². The number of hydrogen-bond donors (Lipinski definition) is 0. The molecule has 0 aliphatic rings. The van der Waals surface area contributed by atoms with Crippen LogP contribution in [0.3, 0.4) is 0 Å². The largest absolute Gasteiger partial charge is 0.466 e. The van der Waals surface area contributed by atoms with Crippen molar-refractivity contribution < 1.29 is 33.2 Å². The van der Waals surface area contributed by atoms with Crippen LogP contribution in [-0.2, 0) is 28.6 Å². The first kappa shape index (κ1) is 54.8. The number of nitrogens with zero attached hydrogens (tertiary/aromatic N) is 1. The summed E-state index contributed by atoms with van der Waals surface area (Å²) in [5.74, 6) is -0.196. The summed E-state index contributed by atoms with van der Waals surface area (Å²) in [5, 5.41) is 0. The maximum absolute atomic E-state index is 13.0. The molecule has 0 saturated heterocycles. The Kier molecular flexibility index (Phi) is 41.7. The lowest BCUT2D eigenvalue weighted by Crippen LogP contribution is -2.19. The van der Waals surface area contributed by atoms with Gasteiger partial charge in [-0.25, -0.2) is 4.58 Å². The average Bonchev–Trinajstić information content (AvgIpc) is 3.20. The third-order valence-electron chi connectivity index (χ3n) is 11.1. The fraction of sp³-hybridized carbons (Fsp3) is 0.880. The van der Waals surface area contributed by atoms with Gasteiger partial charge in [0.15, 0.2) is 0 Å². The van der Waals surface area contributed by atoms with Crippen molar-refractivity contribution in [1.29, 1.82) is 0 Å². The van der Waals surface area contributed by atoms with Crippen molar-refractivity contribution in [2.75, 3.05) is 32.9 Å². The molecule has 0 bridgehead atoms. The Labute approximate surface area is 353 Å². The summed E-state index contributed by atoms with van der Waals surface area (Å²) in [6.07, 6.45) is 41.8. The van der Waals surface area contributed by atoms with Crippen molar-refractivity contribution in [2.24, 2.45) is 11.8 Å². The van der Waals surface area contributed by atoms with Gasteiger partial charge in [-0.1, -0.05) is 149 Å². The van der Waals surface area contributed by atoms with Crippen molar-refractivity contribution in [1.82, 2.24) is 0 Å². The van der Waals surface area contributed by atoms with Gasteiger partial charge in [0.25, 0.3) is 0 Å². The highest BCUT2D eigenvalue weighted by molar-refractivity contribution is 5.74. The van der Waals surface area contributed by atoms with E-state index < -0.39 is 0 Å². The van der Waals surface area contributed by atoms with Gasteiger partial charge in [-0.15, -0.1) is 0 Å². The molecule has 57 heavy (non-hydrogen) atoms. The first-order valence-corrected chi connectivity index (χ1v) is 24.7. The molecule has 0 radical (unpaired) electrons. The van der Waals surface area contributed by atoms with E-state index in [4.69, 9.17) is 14.2 Å². The molecule has 0 aromatic rings. The molecule has 334 valence electrons. The molecule has 0 aliphatic carbocycles. The van der Waals surface area contributed by atoms with Crippen LogP contribution in [0.4, 0.5) is 0 Å². The van der Waals surface area contributed by atoms with Crippen molar-refractivity contribution in [3.8, 4) is 0 Å². The van der Waals surface area contributed by atoms with E-state index in [1.54, 1.807) is 0 Å². The zero-order valence-corrected chi connectivity index (χ0v) is 38.4. The van der Waals surface area contributed by atoms with E-state index in [0.29, 0.717) is 26.2 Å². The Morgan fingerprint density at radius 1 is 0.474 bits per heavy atom. The van der Waals surface area contributed by atoms with Gasteiger partial charge in [0.1, 0.15) is 19.3 Å². The van der Waals surface area contributed by atoms with E-state index in [2.05, 4.69) is 50.6 Å². The number of hydrogen-bond acceptors (Lipinski definition) is 6. The predicted octanol–water partition coefficient (Wildman–Crippen LogP) is 14.1. The van der Waals surface area contributed by atoms with Crippen molar-refractivity contribution in [3.63, 3.8) is 0 Å². The van der Waals surface area contributed by atoms with Crippen LogP contribution in [-0.4, -0.2) is 61.6 Å². The van der Waals surface area contributed by atoms with Gasteiger partial charge in [0.05, 0.1) is 38.1 Å². The third-order valence-corrected chi connectivity index (χ3v) is 11.1. The van der Waals surface area contributed by atoms with Gasteiger partial charge in [-0.05, 0) is 77.6 Å². The lowest BCUT2D eigenvalue weighted by Gasteiger charge is -2.16. The highest BCUT2D eigenvalue weighted by atomic mass is 16.5. The lowest BCUT2D eigenvalue weighted by atomic mass is 9.94. The third kappa shape index (κ3) is 36.6. The molecular weight excluding hydrogens is 711 g/mol. The molecule has 7 heteroatoms. The topological polar surface area (TPSA) is 81.9 Å². The molecule has 0 aliphatic heterocycles. The van der Waals surface area contributed by atoms with E-state index >= 15 is 0 Å². The number of esters is 3. The normalized spacial score (nSPS) is 12.9.